The molecule has 0 N–H and O–H groups in total. The molecule has 0 spiro atoms. The number of carbonyl (C=O) groups is 3. The summed E-state index contributed by atoms with van der Waals surface area (Å²) in [4.78, 5) is 41.3. The number of rotatable bonds is 6. The Morgan fingerprint density at radius 1 is 1.06 bits per heavy atom. The van der Waals surface area contributed by atoms with Crippen LogP contribution >= 0.6 is 43.6 Å². The zero-order valence-electron chi connectivity index (χ0n) is 19.4. The smallest absolute Gasteiger partial charge is 0.294 e. The predicted octanol–water partition coefficient (Wildman–Crippen LogP) is 6.54. The number of carbonyl (C=O) groups excluding carboxylic acids is 3. The number of hydrogen-bond donors (Lipinski definition) is 0. The van der Waals surface area contributed by atoms with Gasteiger partial charge in [0.25, 0.3) is 11.1 Å². The highest BCUT2D eigenvalue weighted by molar-refractivity contribution is 9.11. The van der Waals surface area contributed by atoms with Crippen LogP contribution in [0.3, 0.4) is 0 Å². The summed E-state index contributed by atoms with van der Waals surface area (Å²) >= 11 is 7.97. The summed E-state index contributed by atoms with van der Waals surface area (Å²) < 4.78 is 7.45. The van der Waals surface area contributed by atoms with Gasteiger partial charge in [-0.15, -0.1) is 0 Å². The third-order valence-electron chi connectivity index (χ3n) is 5.91. The highest BCUT2D eigenvalue weighted by Crippen LogP contribution is 2.38. The fraction of sp³-hybridized carbons (Fsp3) is 0.346. The third-order valence-corrected chi connectivity index (χ3v) is 8.00. The highest BCUT2D eigenvalue weighted by Gasteiger charge is 2.37. The quantitative estimate of drug-likeness (QED) is 0.343. The van der Waals surface area contributed by atoms with Crippen LogP contribution in [0.4, 0.5) is 4.79 Å². The molecule has 2 aliphatic rings. The molecule has 2 aromatic carbocycles. The number of hydrogen-bond acceptors (Lipinski definition) is 5. The maximum Gasteiger partial charge on any atom is 0.294 e. The summed E-state index contributed by atoms with van der Waals surface area (Å²) in [5.74, 6) is 0.0473. The van der Waals surface area contributed by atoms with Crippen LogP contribution in [0, 0.1) is 6.92 Å². The molecule has 2 saturated heterocycles. The SMILES string of the molecule is Cc1cccc(COc2c(Br)cc(C=C3SC(=O)N(CC(=O)N4CCCCCC4)C3=O)cc2Br)c1. The maximum absolute atomic E-state index is 12.9. The lowest BCUT2D eigenvalue weighted by atomic mass is 10.1. The Bertz CT molecular complexity index is 1150. The zero-order valence-corrected chi connectivity index (χ0v) is 23.4. The second-order valence-electron chi connectivity index (χ2n) is 8.65. The van der Waals surface area contributed by atoms with E-state index in [0.29, 0.717) is 30.4 Å². The lowest BCUT2D eigenvalue weighted by Gasteiger charge is -2.22. The van der Waals surface area contributed by atoms with Crippen molar-refractivity contribution in [3.8, 4) is 5.75 Å². The monoisotopic (exact) mass is 620 g/mol. The Kier molecular flexibility index (Phi) is 8.73. The molecule has 2 aromatic rings. The van der Waals surface area contributed by atoms with Crippen LogP contribution in [0.15, 0.2) is 50.2 Å². The second kappa shape index (κ2) is 11.8. The van der Waals surface area contributed by atoms with Crippen LogP contribution in [-0.2, 0) is 16.2 Å². The fourth-order valence-corrected chi connectivity index (χ4v) is 6.39. The first-order valence-electron chi connectivity index (χ1n) is 11.5. The highest BCUT2D eigenvalue weighted by atomic mass is 79.9. The number of ether oxygens (including phenoxy) is 1. The lowest BCUT2D eigenvalue weighted by Crippen LogP contribution is -2.42. The van der Waals surface area contributed by atoms with Crippen molar-refractivity contribution < 1.29 is 19.1 Å². The van der Waals surface area contributed by atoms with Crippen molar-refractivity contribution in [1.82, 2.24) is 9.80 Å². The van der Waals surface area contributed by atoms with Gasteiger partial charge in [0, 0.05) is 13.1 Å². The molecule has 0 unspecified atom stereocenters. The van der Waals surface area contributed by atoms with Crippen LogP contribution in [0.5, 0.6) is 5.75 Å². The molecule has 3 amide bonds. The van der Waals surface area contributed by atoms with E-state index in [1.165, 1.54) is 5.56 Å². The summed E-state index contributed by atoms with van der Waals surface area (Å²) in [5, 5.41) is -0.416. The molecule has 2 fully saturated rings. The summed E-state index contributed by atoms with van der Waals surface area (Å²) in [6, 6.07) is 11.8. The maximum atomic E-state index is 12.9. The van der Waals surface area contributed by atoms with Gasteiger partial charge >= 0.3 is 0 Å². The first-order valence-corrected chi connectivity index (χ1v) is 13.9. The number of nitrogens with zero attached hydrogens (tertiary/aromatic N) is 2. The Morgan fingerprint density at radius 3 is 2.40 bits per heavy atom. The molecule has 0 saturated carbocycles. The minimum absolute atomic E-state index is 0.170. The Hall–Kier alpha value is -2.10. The van der Waals surface area contributed by atoms with Crippen LogP contribution < -0.4 is 4.74 Å². The van der Waals surface area contributed by atoms with Gasteiger partial charge in [0.05, 0.1) is 13.9 Å². The van der Waals surface area contributed by atoms with E-state index in [9.17, 15) is 14.4 Å². The van der Waals surface area contributed by atoms with E-state index in [1.807, 2.05) is 37.3 Å². The average Bonchev–Trinajstić information content (AvgIpc) is 3.00. The van der Waals surface area contributed by atoms with Gasteiger partial charge in [0.2, 0.25) is 5.91 Å². The van der Waals surface area contributed by atoms with Gasteiger partial charge in [0.15, 0.2) is 0 Å². The minimum atomic E-state index is -0.435. The average molecular weight is 622 g/mol. The molecule has 0 radical (unpaired) electrons. The van der Waals surface area contributed by atoms with Crippen LogP contribution in [-0.4, -0.2) is 46.5 Å². The third kappa shape index (κ3) is 6.57. The van der Waals surface area contributed by atoms with E-state index < -0.39 is 11.1 Å². The van der Waals surface area contributed by atoms with Crippen LogP contribution in [0.1, 0.15) is 42.4 Å². The Balaban J connectivity index is 1.44. The standard InChI is InChI=1S/C26H26Br2N2O4S/c1-17-7-6-8-18(11-17)16-34-24-20(27)12-19(13-21(24)28)14-22-25(32)30(26(33)35-22)15-23(31)29-9-4-2-3-5-10-29/h6-8,11-14H,2-5,9-10,15-16H2,1H3. The molecule has 6 nitrogen and oxygen atoms in total. The van der Waals surface area contributed by atoms with Crippen molar-refractivity contribution >= 4 is 66.8 Å². The van der Waals surface area contributed by atoms with Crippen molar-refractivity contribution in [2.75, 3.05) is 19.6 Å². The summed E-state index contributed by atoms with van der Waals surface area (Å²) in [6.45, 7) is 3.62. The van der Waals surface area contributed by atoms with Crippen molar-refractivity contribution in [1.29, 1.82) is 0 Å². The van der Waals surface area contributed by atoms with Gasteiger partial charge in [-0.2, -0.15) is 0 Å². The number of amides is 3. The van der Waals surface area contributed by atoms with Crippen LogP contribution in [0.25, 0.3) is 6.08 Å². The van der Waals surface area contributed by atoms with E-state index in [-0.39, 0.29) is 12.5 Å². The minimum Gasteiger partial charge on any atom is -0.487 e. The largest absolute Gasteiger partial charge is 0.487 e. The van der Waals surface area contributed by atoms with E-state index >= 15 is 0 Å². The Labute approximate surface area is 226 Å². The van der Waals surface area contributed by atoms with Crippen molar-refractivity contribution in [2.45, 2.75) is 39.2 Å². The fourth-order valence-electron chi connectivity index (χ4n) is 4.10. The van der Waals surface area contributed by atoms with Gasteiger partial charge in [-0.05, 0) is 92.7 Å². The van der Waals surface area contributed by atoms with Crippen molar-refractivity contribution in [3.63, 3.8) is 0 Å². The van der Waals surface area contributed by atoms with Gasteiger partial charge < -0.3 is 9.64 Å². The number of imide groups is 1. The van der Waals surface area contributed by atoms with E-state index in [0.717, 1.165) is 62.4 Å². The number of benzene rings is 2. The van der Waals surface area contributed by atoms with Gasteiger partial charge in [0.1, 0.15) is 18.9 Å². The van der Waals surface area contributed by atoms with E-state index in [2.05, 4.69) is 37.9 Å². The topological polar surface area (TPSA) is 66.9 Å². The normalized spacial score (nSPS) is 17.7. The molecular weight excluding hydrogens is 596 g/mol. The molecule has 4 rings (SSSR count). The van der Waals surface area contributed by atoms with Gasteiger partial charge in [-0.25, -0.2) is 0 Å². The number of halogens is 2. The van der Waals surface area contributed by atoms with E-state index in [4.69, 9.17) is 4.74 Å². The number of thioether (sulfide) groups is 1. The van der Waals surface area contributed by atoms with Crippen LogP contribution in [0.2, 0.25) is 0 Å². The first-order chi connectivity index (χ1) is 16.8. The molecule has 0 aromatic heterocycles. The molecule has 2 aliphatic heterocycles. The molecule has 184 valence electrons. The zero-order chi connectivity index (χ0) is 24.9. The molecule has 0 aliphatic carbocycles. The molecule has 0 atom stereocenters. The molecule has 9 heteroatoms. The lowest BCUT2D eigenvalue weighted by molar-refractivity contribution is -0.135. The number of aryl methyl sites for hydroxylation is 1. The Morgan fingerprint density at radius 2 is 1.74 bits per heavy atom. The summed E-state index contributed by atoms with van der Waals surface area (Å²) in [7, 11) is 0. The van der Waals surface area contributed by atoms with Gasteiger partial charge in [-0.1, -0.05) is 42.7 Å². The van der Waals surface area contributed by atoms with Crippen molar-refractivity contribution in [3.05, 3.63) is 66.9 Å². The number of likely N-dealkylation sites (tertiary alicyclic amines) is 1. The van der Waals surface area contributed by atoms with Gasteiger partial charge in [-0.3, -0.25) is 19.3 Å². The summed E-state index contributed by atoms with van der Waals surface area (Å²) in [6.07, 6.45) is 5.80. The molecular formula is C26H26Br2N2O4S. The summed E-state index contributed by atoms with van der Waals surface area (Å²) in [5.41, 5.74) is 2.97. The van der Waals surface area contributed by atoms with Crippen molar-refractivity contribution in [2.24, 2.45) is 0 Å². The first kappa shape index (κ1) is 26.0. The molecule has 35 heavy (non-hydrogen) atoms. The van der Waals surface area contributed by atoms with E-state index in [1.54, 1.807) is 11.0 Å². The second-order valence-corrected chi connectivity index (χ2v) is 11.4. The molecule has 2 heterocycles. The molecule has 0 bridgehead atoms. The predicted molar refractivity (Wildman–Crippen MR) is 145 cm³/mol.